The molecule has 1 aromatic carbocycles. The number of hydrogen-bond acceptors (Lipinski definition) is 2. The van der Waals surface area contributed by atoms with Crippen molar-refractivity contribution in [1.29, 1.82) is 0 Å². The van der Waals surface area contributed by atoms with Gasteiger partial charge < -0.3 is 10.4 Å². The summed E-state index contributed by atoms with van der Waals surface area (Å²) in [6.07, 6.45) is 1.16. The molecule has 0 saturated heterocycles. The van der Waals surface area contributed by atoms with Gasteiger partial charge in [-0.1, -0.05) is 11.6 Å². The molecule has 0 heterocycles. The summed E-state index contributed by atoms with van der Waals surface area (Å²) >= 11 is 5.63. The maximum absolute atomic E-state index is 12.9. The van der Waals surface area contributed by atoms with Crippen LogP contribution in [0.15, 0.2) is 12.1 Å². The first-order valence-electron chi connectivity index (χ1n) is 5.10. The minimum Gasteiger partial charge on any atom is -0.396 e. The van der Waals surface area contributed by atoms with Gasteiger partial charge in [-0.05, 0) is 25.0 Å². The topological polar surface area (TPSA) is 49.3 Å². The second-order valence-electron chi connectivity index (χ2n) is 3.43. The number of aliphatic hydroxyl groups excluding tert-OH is 1. The molecule has 3 nitrogen and oxygen atoms in total. The van der Waals surface area contributed by atoms with Gasteiger partial charge in [0.2, 0.25) is 0 Å². The van der Waals surface area contributed by atoms with Crippen LogP contribution < -0.4 is 5.32 Å². The van der Waals surface area contributed by atoms with E-state index in [4.69, 9.17) is 16.7 Å². The lowest BCUT2D eigenvalue weighted by molar-refractivity contribution is 0.0951. The number of rotatable bonds is 5. The summed E-state index contributed by atoms with van der Waals surface area (Å²) in [7, 11) is 0. The summed E-state index contributed by atoms with van der Waals surface area (Å²) in [6, 6.07) is 1.53. The van der Waals surface area contributed by atoms with Gasteiger partial charge in [-0.25, -0.2) is 8.78 Å². The number of carbonyl (C=O) groups is 1. The summed E-state index contributed by atoms with van der Waals surface area (Å²) in [5.41, 5.74) is -0.102. The van der Waals surface area contributed by atoms with E-state index in [-0.39, 0.29) is 17.2 Å². The van der Waals surface area contributed by atoms with E-state index in [1.807, 2.05) is 0 Å². The number of benzene rings is 1. The van der Waals surface area contributed by atoms with Gasteiger partial charge in [0.05, 0.1) is 10.6 Å². The Kier molecular flexibility index (Phi) is 5.31. The molecule has 1 aromatic rings. The average molecular weight is 264 g/mol. The molecule has 17 heavy (non-hydrogen) atoms. The van der Waals surface area contributed by atoms with Crippen LogP contribution in [-0.2, 0) is 0 Å². The molecular weight excluding hydrogens is 252 g/mol. The van der Waals surface area contributed by atoms with Crippen molar-refractivity contribution in [3.63, 3.8) is 0 Å². The van der Waals surface area contributed by atoms with Gasteiger partial charge in [0.15, 0.2) is 11.6 Å². The van der Waals surface area contributed by atoms with Gasteiger partial charge >= 0.3 is 0 Å². The first-order chi connectivity index (χ1) is 8.06. The van der Waals surface area contributed by atoms with Crippen molar-refractivity contribution in [3.8, 4) is 0 Å². The molecule has 0 spiro atoms. The van der Waals surface area contributed by atoms with Gasteiger partial charge in [-0.15, -0.1) is 0 Å². The molecule has 0 aromatic heterocycles. The third kappa shape index (κ3) is 3.94. The second-order valence-corrected chi connectivity index (χ2v) is 3.84. The molecule has 6 heteroatoms. The monoisotopic (exact) mass is 263 g/mol. The Morgan fingerprint density at radius 3 is 2.59 bits per heavy atom. The lowest BCUT2D eigenvalue weighted by Gasteiger charge is -2.06. The van der Waals surface area contributed by atoms with Crippen LogP contribution in [0, 0.1) is 11.6 Å². The highest BCUT2D eigenvalue weighted by Gasteiger charge is 2.14. The molecule has 0 aliphatic carbocycles. The molecule has 0 bridgehead atoms. The smallest absolute Gasteiger partial charge is 0.252 e. The first kappa shape index (κ1) is 13.9. The Morgan fingerprint density at radius 2 is 1.94 bits per heavy atom. The maximum Gasteiger partial charge on any atom is 0.252 e. The van der Waals surface area contributed by atoms with Crippen LogP contribution in [0.1, 0.15) is 23.2 Å². The van der Waals surface area contributed by atoms with E-state index in [2.05, 4.69) is 5.32 Å². The molecule has 0 radical (unpaired) electrons. The fraction of sp³-hybridized carbons (Fsp3) is 0.364. The number of aliphatic hydroxyl groups is 1. The van der Waals surface area contributed by atoms with Gasteiger partial charge in [-0.2, -0.15) is 0 Å². The highest BCUT2D eigenvalue weighted by Crippen LogP contribution is 2.19. The Labute approximate surface area is 102 Å². The SMILES string of the molecule is O=C(NCCCCO)c1cc(F)c(F)cc1Cl. The molecule has 0 unspecified atom stereocenters. The summed E-state index contributed by atoms with van der Waals surface area (Å²) in [5.74, 6) is -2.77. The van der Waals surface area contributed by atoms with Crippen LogP contribution in [-0.4, -0.2) is 24.2 Å². The Hall–Kier alpha value is -1.20. The molecule has 0 saturated carbocycles. The van der Waals surface area contributed by atoms with E-state index >= 15 is 0 Å². The normalized spacial score (nSPS) is 10.4. The second kappa shape index (κ2) is 6.51. The molecule has 1 rings (SSSR count). The summed E-state index contributed by atoms with van der Waals surface area (Å²) in [4.78, 5) is 11.5. The van der Waals surface area contributed by atoms with E-state index in [0.717, 1.165) is 12.1 Å². The number of amides is 1. The van der Waals surface area contributed by atoms with Gasteiger partial charge in [0, 0.05) is 13.2 Å². The van der Waals surface area contributed by atoms with Crippen LogP contribution in [0.4, 0.5) is 8.78 Å². The molecule has 0 aliphatic rings. The lowest BCUT2D eigenvalue weighted by Crippen LogP contribution is -2.25. The molecule has 0 atom stereocenters. The van der Waals surface area contributed by atoms with Crippen LogP contribution in [0.5, 0.6) is 0 Å². The summed E-state index contributed by atoms with van der Waals surface area (Å²) in [6.45, 7) is 0.385. The van der Waals surface area contributed by atoms with Crippen molar-refractivity contribution in [2.75, 3.05) is 13.2 Å². The third-order valence-corrected chi connectivity index (χ3v) is 2.44. The number of unbranched alkanes of at least 4 members (excludes halogenated alkanes) is 1. The van der Waals surface area contributed by atoms with Crippen molar-refractivity contribution < 1.29 is 18.7 Å². The minimum atomic E-state index is -1.12. The quantitative estimate of drug-likeness (QED) is 0.632. The number of carbonyl (C=O) groups excluding carboxylic acids is 1. The predicted molar refractivity (Wildman–Crippen MR) is 60.0 cm³/mol. The molecular formula is C11H12ClF2NO2. The van der Waals surface area contributed by atoms with Gasteiger partial charge in [0.25, 0.3) is 5.91 Å². The number of halogens is 3. The van der Waals surface area contributed by atoms with E-state index in [1.54, 1.807) is 0 Å². The first-order valence-corrected chi connectivity index (χ1v) is 5.47. The summed E-state index contributed by atoms with van der Waals surface area (Å²) in [5, 5.41) is 10.9. The maximum atomic E-state index is 12.9. The van der Waals surface area contributed by atoms with Crippen molar-refractivity contribution in [1.82, 2.24) is 5.32 Å². The molecule has 94 valence electrons. The van der Waals surface area contributed by atoms with E-state index in [0.29, 0.717) is 19.4 Å². The fourth-order valence-electron chi connectivity index (χ4n) is 1.23. The average Bonchev–Trinajstić information content (AvgIpc) is 2.29. The lowest BCUT2D eigenvalue weighted by atomic mass is 10.2. The van der Waals surface area contributed by atoms with Gasteiger partial charge in [-0.3, -0.25) is 4.79 Å². The largest absolute Gasteiger partial charge is 0.396 e. The van der Waals surface area contributed by atoms with E-state index < -0.39 is 17.5 Å². The molecule has 2 N–H and O–H groups in total. The number of hydrogen-bond donors (Lipinski definition) is 2. The Morgan fingerprint density at radius 1 is 1.29 bits per heavy atom. The highest BCUT2D eigenvalue weighted by atomic mass is 35.5. The minimum absolute atomic E-state index is 0.0435. The highest BCUT2D eigenvalue weighted by molar-refractivity contribution is 6.33. The van der Waals surface area contributed by atoms with Crippen molar-refractivity contribution in [2.45, 2.75) is 12.8 Å². The zero-order valence-electron chi connectivity index (χ0n) is 8.97. The van der Waals surface area contributed by atoms with Crippen LogP contribution in [0.3, 0.4) is 0 Å². The molecule has 0 aliphatic heterocycles. The zero-order valence-corrected chi connectivity index (χ0v) is 9.73. The van der Waals surface area contributed by atoms with Gasteiger partial charge in [0.1, 0.15) is 0 Å². The van der Waals surface area contributed by atoms with E-state index in [1.165, 1.54) is 0 Å². The molecule has 1 amide bonds. The standard InChI is InChI=1S/C11H12ClF2NO2/c12-8-6-10(14)9(13)5-7(8)11(17)15-3-1-2-4-16/h5-6,16H,1-4H2,(H,15,17). The third-order valence-electron chi connectivity index (χ3n) is 2.13. The van der Waals surface area contributed by atoms with Crippen LogP contribution in [0.25, 0.3) is 0 Å². The fourth-order valence-corrected chi connectivity index (χ4v) is 1.47. The Balaban J connectivity index is 2.66. The summed E-state index contributed by atoms with van der Waals surface area (Å²) < 4.78 is 25.7. The number of nitrogens with one attached hydrogen (secondary N) is 1. The van der Waals surface area contributed by atoms with Crippen LogP contribution >= 0.6 is 11.6 Å². The Bertz CT molecular complexity index is 413. The van der Waals surface area contributed by atoms with Crippen molar-refractivity contribution in [2.24, 2.45) is 0 Å². The zero-order chi connectivity index (χ0) is 12.8. The van der Waals surface area contributed by atoms with Crippen molar-refractivity contribution >= 4 is 17.5 Å². The van der Waals surface area contributed by atoms with E-state index in [9.17, 15) is 13.6 Å². The van der Waals surface area contributed by atoms with Crippen LogP contribution in [0.2, 0.25) is 5.02 Å². The van der Waals surface area contributed by atoms with Crippen molar-refractivity contribution in [3.05, 3.63) is 34.4 Å². The predicted octanol–water partition coefficient (Wildman–Crippen LogP) is 2.12. The molecule has 0 fully saturated rings.